The second-order valence-electron chi connectivity index (χ2n) is 3.38. The molecule has 0 atom stereocenters. The lowest BCUT2D eigenvalue weighted by atomic mass is 10.1. The van der Waals surface area contributed by atoms with Crippen molar-refractivity contribution in [1.82, 2.24) is 0 Å². The summed E-state index contributed by atoms with van der Waals surface area (Å²) < 4.78 is 10.1. The number of carbonyl (C=O) groups excluding carboxylic acids is 1. The highest BCUT2D eigenvalue weighted by molar-refractivity contribution is 5.90. The summed E-state index contributed by atoms with van der Waals surface area (Å²) in [5.41, 5.74) is 5.58. The first-order chi connectivity index (χ1) is 7.95. The van der Waals surface area contributed by atoms with Gasteiger partial charge in [0.1, 0.15) is 0 Å². The van der Waals surface area contributed by atoms with Gasteiger partial charge in [0.15, 0.2) is 18.1 Å². The average Bonchev–Trinajstić information content (AvgIpc) is 2.25. The van der Waals surface area contributed by atoms with E-state index in [2.05, 4.69) is 0 Å². The van der Waals surface area contributed by atoms with Crippen LogP contribution in [0.25, 0.3) is 0 Å². The topological polar surface area (TPSA) is 98.8 Å². The van der Waals surface area contributed by atoms with Gasteiger partial charge >= 0.3 is 5.97 Å². The number of rotatable bonds is 5. The lowest BCUT2D eigenvalue weighted by molar-refractivity contribution is -0.119. The number of primary amides is 1. The fourth-order valence-corrected chi connectivity index (χ4v) is 1.31. The predicted molar refractivity (Wildman–Crippen MR) is 59.4 cm³/mol. The van der Waals surface area contributed by atoms with Crippen molar-refractivity contribution < 1.29 is 24.2 Å². The van der Waals surface area contributed by atoms with E-state index in [0.717, 1.165) is 0 Å². The van der Waals surface area contributed by atoms with Gasteiger partial charge in [-0.1, -0.05) is 0 Å². The van der Waals surface area contributed by atoms with Gasteiger partial charge in [0.2, 0.25) is 0 Å². The zero-order chi connectivity index (χ0) is 13.0. The van der Waals surface area contributed by atoms with Crippen LogP contribution in [0.5, 0.6) is 11.5 Å². The molecular weight excluding hydrogens is 226 g/mol. The monoisotopic (exact) mass is 239 g/mol. The number of benzene rings is 1. The van der Waals surface area contributed by atoms with Crippen LogP contribution in [0.1, 0.15) is 15.9 Å². The van der Waals surface area contributed by atoms with Crippen LogP contribution >= 0.6 is 0 Å². The van der Waals surface area contributed by atoms with Crippen LogP contribution in [0, 0.1) is 6.92 Å². The molecule has 0 aliphatic heterocycles. The lowest BCUT2D eigenvalue weighted by Crippen LogP contribution is -2.20. The van der Waals surface area contributed by atoms with Gasteiger partial charge in [0.05, 0.1) is 12.7 Å². The Morgan fingerprint density at radius 2 is 2.00 bits per heavy atom. The maximum atomic E-state index is 10.9. The third-order valence-corrected chi connectivity index (χ3v) is 2.11. The van der Waals surface area contributed by atoms with Crippen LogP contribution in [0.3, 0.4) is 0 Å². The van der Waals surface area contributed by atoms with E-state index in [0.29, 0.717) is 5.56 Å². The summed E-state index contributed by atoms with van der Waals surface area (Å²) in [7, 11) is 1.38. The molecule has 0 heterocycles. The summed E-state index contributed by atoms with van der Waals surface area (Å²) in [5.74, 6) is -1.14. The van der Waals surface area contributed by atoms with Gasteiger partial charge in [-0.25, -0.2) is 4.79 Å². The third-order valence-electron chi connectivity index (χ3n) is 2.11. The summed E-state index contributed by atoms with van der Waals surface area (Å²) in [6.45, 7) is 1.34. The molecule has 0 aliphatic rings. The molecule has 0 aliphatic carbocycles. The summed E-state index contributed by atoms with van der Waals surface area (Å²) in [6.07, 6.45) is 0. The van der Waals surface area contributed by atoms with Crippen molar-refractivity contribution in [2.75, 3.05) is 13.7 Å². The van der Waals surface area contributed by atoms with Crippen LogP contribution < -0.4 is 15.2 Å². The number of methoxy groups -OCH3 is 1. The molecule has 6 nitrogen and oxygen atoms in total. The number of amides is 1. The normalized spacial score (nSPS) is 9.76. The van der Waals surface area contributed by atoms with E-state index in [-0.39, 0.29) is 23.7 Å². The molecule has 0 saturated carbocycles. The number of aromatic carboxylic acids is 1. The number of carboxylic acids is 1. The van der Waals surface area contributed by atoms with Crippen molar-refractivity contribution in [2.24, 2.45) is 5.73 Å². The Bertz CT molecular complexity index is 455. The fraction of sp³-hybridized carbons (Fsp3) is 0.273. The number of aryl methyl sites for hydroxylation is 1. The summed E-state index contributed by atoms with van der Waals surface area (Å²) in [5, 5.41) is 8.92. The number of carbonyl (C=O) groups is 2. The standard InChI is InChI=1S/C11H13NO5/c1-6-3-9(17-5-10(12)13)8(16-2)4-7(6)11(14)15/h3-4H,5H2,1-2H3,(H2,12,13)(H,14,15). The largest absolute Gasteiger partial charge is 0.493 e. The van der Waals surface area contributed by atoms with E-state index >= 15 is 0 Å². The van der Waals surface area contributed by atoms with Gasteiger partial charge in [-0.15, -0.1) is 0 Å². The maximum absolute atomic E-state index is 10.9. The van der Waals surface area contributed by atoms with Crippen LogP contribution in [-0.2, 0) is 4.79 Å². The quantitative estimate of drug-likeness (QED) is 0.782. The van der Waals surface area contributed by atoms with E-state index in [9.17, 15) is 9.59 Å². The van der Waals surface area contributed by atoms with E-state index in [1.54, 1.807) is 6.92 Å². The second kappa shape index (κ2) is 5.20. The van der Waals surface area contributed by atoms with Gasteiger partial charge in [0, 0.05) is 0 Å². The molecule has 6 heteroatoms. The SMILES string of the molecule is COc1cc(C(=O)O)c(C)cc1OCC(N)=O. The molecule has 3 N–H and O–H groups in total. The Kier molecular flexibility index (Phi) is 3.92. The molecule has 0 bridgehead atoms. The molecule has 0 saturated heterocycles. The lowest BCUT2D eigenvalue weighted by Gasteiger charge is -2.11. The van der Waals surface area contributed by atoms with Crippen molar-refractivity contribution >= 4 is 11.9 Å². The van der Waals surface area contributed by atoms with Gasteiger partial charge in [-0.05, 0) is 24.6 Å². The number of carboxylic acid groups (broad SMARTS) is 1. The minimum Gasteiger partial charge on any atom is -0.493 e. The first-order valence-electron chi connectivity index (χ1n) is 4.78. The Balaban J connectivity index is 3.09. The zero-order valence-corrected chi connectivity index (χ0v) is 9.52. The Morgan fingerprint density at radius 1 is 1.35 bits per heavy atom. The summed E-state index contributed by atoms with van der Waals surface area (Å²) >= 11 is 0. The second-order valence-corrected chi connectivity index (χ2v) is 3.38. The highest BCUT2D eigenvalue weighted by atomic mass is 16.5. The maximum Gasteiger partial charge on any atom is 0.336 e. The van der Waals surface area contributed by atoms with E-state index in [1.165, 1.54) is 19.2 Å². The van der Waals surface area contributed by atoms with Crippen molar-refractivity contribution in [2.45, 2.75) is 6.92 Å². The number of hydrogen-bond acceptors (Lipinski definition) is 4. The Hall–Kier alpha value is -2.24. The molecule has 1 rings (SSSR count). The molecule has 1 aromatic rings. The van der Waals surface area contributed by atoms with Crippen LogP contribution in [-0.4, -0.2) is 30.7 Å². The minimum absolute atomic E-state index is 0.119. The van der Waals surface area contributed by atoms with Crippen molar-refractivity contribution in [3.8, 4) is 11.5 Å². The molecule has 0 fully saturated rings. The molecule has 92 valence electrons. The number of nitrogens with two attached hydrogens (primary N) is 1. The Morgan fingerprint density at radius 3 is 2.47 bits per heavy atom. The average molecular weight is 239 g/mol. The highest BCUT2D eigenvalue weighted by Gasteiger charge is 2.14. The third kappa shape index (κ3) is 3.10. The number of hydrogen-bond donors (Lipinski definition) is 2. The van der Waals surface area contributed by atoms with Gasteiger partial charge in [-0.2, -0.15) is 0 Å². The van der Waals surface area contributed by atoms with E-state index < -0.39 is 11.9 Å². The van der Waals surface area contributed by atoms with Crippen molar-refractivity contribution in [3.63, 3.8) is 0 Å². The van der Waals surface area contributed by atoms with E-state index in [1.807, 2.05) is 0 Å². The zero-order valence-electron chi connectivity index (χ0n) is 9.52. The molecule has 0 radical (unpaired) electrons. The molecule has 1 amide bonds. The molecule has 1 aromatic carbocycles. The minimum atomic E-state index is -1.05. The van der Waals surface area contributed by atoms with Gasteiger partial charge in [-0.3, -0.25) is 4.79 Å². The molecule has 17 heavy (non-hydrogen) atoms. The van der Waals surface area contributed by atoms with Crippen LogP contribution in [0.15, 0.2) is 12.1 Å². The Labute approximate surface area is 97.9 Å². The van der Waals surface area contributed by atoms with Crippen molar-refractivity contribution in [1.29, 1.82) is 0 Å². The van der Waals surface area contributed by atoms with Crippen LogP contribution in [0.2, 0.25) is 0 Å². The molecular formula is C11H13NO5. The molecule has 0 unspecified atom stereocenters. The van der Waals surface area contributed by atoms with Gasteiger partial charge < -0.3 is 20.3 Å². The van der Waals surface area contributed by atoms with Gasteiger partial charge in [0.25, 0.3) is 5.91 Å². The van der Waals surface area contributed by atoms with E-state index in [4.69, 9.17) is 20.3 Å². The first kappa shape index (κ1) is 12.8. The molecule has 0 aromatic heterocycles. The summed E-state index contributed by atoms with van der Waals surface area (Å²) in [6, 6.07) is 2.83. The van der Waals surface area contributed by atoms with Crippen molar-refractivity contribution in [3.05, 3.63) is 23.3 Å². The van der Waals surface area contributed by atoms with Crippen LogP contribution in [0.4, 0.5) is 0 Å². The predicted octanol–water partition coefficient (Wildman–Crippen LogP) is 0.566. The highest BCUT2D eigenvalue weighted by Crippen LogP contribution is 2.30. The number of ether oxygens (including phenoxy) is 2. The first-order valence-corrected chi connectivity index (χ1v) is 4.78. The smallest absolute Gasteiger partial charge is 0.336 e. The molecule has 0 spiro atoms. The fourth-order valence-electron chi connectivity index (χ4n) is 1.31. The summed E-state index contributed by atoms with van der Waals surface area (Å²) in [4.78, 5) is 21.5.